The molecular weight excluding hydrogens is 484 g/mol. The third-order valence-electron chi connectivity index (χ3n) is 8.65. The van der Waals surface area contributed by atoms with Crippen molar-refractivity contribution in [2.24, 2.45) is 11.7 Å². The second kappa shape index (κ2) is 10.00. The van der Waals surface area contributed by atoms with Gasteiger partial charge in [-0.3, -0.25) is 14.8 Å². The Hall–Kier alpha value is -2.92. The highest BCUT2D eigenvalue weighted by molar-refractivity contribution is 5.91. The molecule has 2 aromatic heterocycles. The third-order valence-corrected chi connectivity index (χ3v) is 8.65. The number of fused-ring (bicyclic) bond motifs is 1. The third kappa shape index (κ3) is 4.59. The van der Waals surface area contributed by atoms with E-state index in [1.807, 2.05) is 28.2 Å². The molecule has 5 rings (SSSR count). The van der Waals surface area contributed by atoms with E-state index in [4.69, 9.17) is 10.5 Å². The molecule has 11 heteroatoms. The number of nitrogens with two attached hydrogens (primary N) is 1. The second-order valence-electron chi connectivity index (χ2n) is 12.0. The number of carbonyl (C=O) groups is 2. The standard InChI is InChI=1S/C27H42N8O3/c1-16(2)33-15-21(24(28)36)29-25(33)22-20-14-35(27(5,6)23(20)31-30-22)26(37)34-12-17(3)32(11-18(34)4)13-19-7-9-38-10-8-19/h15-19H,7-14H2,1-6H3,(H2,28,36)(H,30,31)/t17-,18+/m1/s1. The molecule has 0 unspecified atom stereocenters. The van der Waals surface area contributed by atoms with Crippen molar-refractivity contribution in [3.63, 3.8) is 0 Å². The number of hydrogen-bond acceptors (Lipinski definition) is 6. The lowest BCUT2D eigenvalue weighted by atomic mass is 9.97. The number of urea groups is 1. The fraction of sp³-hybridized carbons (Fsp3) is 0.704. The summed E-state index contributed by atoms with van der Waals surface area (Å²) in [5.41, 5.74) is 7.66. The molecule has 5 heterocycles. The van der Waals surface area contributed by atoms with Gasteiger partial charge in [-0.2, -0.15) is 5.10 Å². The zero-order valence-electron chi connectivity index (χ0n) is 23.5. The molecule has 11 nitrogen and oxygen atoms in total. The van der Waals surface area contributed by atoms with Crippen molar-refractivity contribution < 1.29 is 14.3 Å². The Kier molecular flexibility index (Phi) is 7.02. The van der Waals surface area contributed by atoms with Crippen molar-refractivity contribution in [3.05, 3.63) is 23.1 Å². The number of carbonyl (C=O) groups excluding carboxylic acids is 2. The van der Waals surface area contributed by atoms with E-state index in [1.54, 1.807) is 6.20 Å². The summed E-state index contributed by atoms with van der Waals surface area (Å²) in [6, 6.07) is 0.513. The monoisotopic (exact) mass is 526 g/mol. The number of amides is 3. The summed E-state index contributed by atoms with van der Waals surface area (Å²) in [7, 11) is 0. The van der Waals surface area contributed by atoms with Crippen LogP contribution in [-0.4, -0.2) is 91.3 Å². The molecule has 0 radical (unpaired) electrons. The van der Waals surface area contributed by atoms with Crippen LogP contribution in [0.1, 0.15) is 82.2 Å². The van der Waals surface area contributed by atoms with Gasteiger partial charge in [0.25, 0.3) is 5.91 Å². The molecule has 0 aromatic carbocycles. The molecule has 0 spiro atoms. The molecule has 3 aliphatic rings. The van der Waals surface area contributed by atoms with Crippen LogP contribution in [0.15, 0.2) is 6.20 Å². The first-order valence-corrected chi connectivity index (χ1v) is 13.9. The lowest BCUT2D eigenvalue weighted by Gasteiger charge is -2.47. The molecule has 0 saturated carbocycles. The predicted octanol–water partition coefficient (Wildman–Crippen LogP) is 2.94. The molecule has 2 aromatic rings. The number of imidazole rings is 1. The van der Waals surface area contributed by atoms with Crippen molar-refractivity contribution in [1.29, 1.82) is 0 Å². The summed E-state index contributed by atoms with van der Waals surface area (Å²) in [6.45, 7) is 17.3. The zero-order chi connectivity index (χ0) is 27.4. The molecule has 0 bridgehead atoms. The zero-order valence-corrected chi connectivity index (χ0v) is 23.5. The summed E-state index contributed by atoms with van der Waals surface area (Å²) in [4.78, 5) is 36.9. The first kappa shape index (κ1) is 26.7. The van der Waals surface area contributed by atoms with E-state index in [0.29, 0.717) is 36.6 Å². The topological polar surface area (TPSA) is 126 Å². The van der Waals surface area contributed by atoms with E-state index < -0.39 is 11.4 Å². The number of H-pyrrole nitrogens is 1. The van der Waals surface area contributed by atoms with E-state index in [-0.39, 0.29) is 23.8 Å². The summed E-state index contributed by atoms with van der Waals surface area (Å²) in [5.74, 6) is 0.678. The van der Waals surface area contributed by atoms with Gasteiger partial charge < -0.3 is 24.8 Å². The van der Waals surface area contributed by atoms with E-state index in [9.17, 15) is 9.59 Å². The van der Waals surface area contributed by atoms with Gasteiger partial charge in [0.2, 0.25) is 0 Å². The van der Waals surface area contributed by atoms with Crippen LogP contribution in [0.5, 0.6) is 0 Å². The number of piperazine rings is 1. The Balaban J connectivity index is 1.35. The number of nitrogens with one attached hydrogen (secondary N) is 1. The highest BCUT2D eigenvalue weighted by Crippen LogP contribution is 2.42. The quantitative estimate of drug-likeness (QED) is 0.617. The summed E-state index contributed by atoms with van der Waals surface area (Å²) in [5, 5.41) is 7.78. The maximum absolute atomic E-state index is 14.1. The van der Waals surface area contributed by atoms with Crippen LogP contribution in [0.25, 0.3) is 11.5 Å². The molecule has 3 amide bonds. The van der Waals surface area contributed by atoms with Gasteiger partial charge in [-0.15, -0.1) is 0 Å². The molecule has 3 N–H and O–H groups in total. The van der Waals surface area contributed by atoms with Crippen molar-refractivity contribution in [1.82, 2.24) is 34.4 Å². The summed E-state index contributed by atoms with van der Waals surface area (Å²) >= 11 is 0. The molecular formula is C27H42N8O3. The first-order valence-electron chi connectivity index (χ1n) is 13.9. The van der Waals surface area contributed by atoms with Crippen LogP contribution in [0, 0.1) is 5.92 Å². The van der Waals surface area contributed by atoms with Crippen molar-refractivity contribution >= 4 is 11.9 Å². The van der Waals surface area contributed by atoms with Gasteiger partial charge in [0.15, 0.2) is 5.82 Å². The van der Waals surface area contributed by atoms with Crippen LogP contribution in [0.4, 0.5) is 4.79 Å². The number of primary amides is 1. The number of rotatable bonds is 5. The van der Waals surface area contributed by atoms with E-state index in [0.717, 1.165) is 50.4 Å². The Bertz CT molecular complexity index is 1200. The van der Waals surface area contributed by atoms with Crippen molar-refractivity contribution in [3.8, 4) is 11.5 Å². The van der Waals surface area contributed by atoms with Gasteiger partial charge in [0.05, 0.1) is 17.8 Å². The highest BCUT2D eigenvalue weighted by atomic mass is 16.5. The lowest BCUT2D eigenvalue weighted by molar-refractivity contribution is 0.00881. The SMILES string of the molecule is CC(C)n1cc(C(N)=O)nc1-c1n[nH]c2c1CN(C(=O)N1C[C@@H](C)N(CC3CCOCC3)C[C@@H]1C)C2(C)C. The number of aromatic amines is 1. The highest BCUT2D eigenvalue weighted by Gasteiger charge is 2.47. The smallest absolute Gasteiger partial charge is 0.321 e. The molecule has 38 heavy (non-hydrogen) atoms. The number of nitrogens with zero attached hydrogens (tertiary/aromatic N) is 6. The second-order valence-corrected chi connectivity index (χ2v) is 12.0. The van der Waals surface area contributed by atoms with Gasteiger partial charge in [0, 0.05) is 62.7 Å². The van der Waals surface area contributed by atoms with Gasteiger partial charge >= 0.3 is 6.03 Å². The first-order chi connectivity index (χ1) is 18.0. The minimum absolute atomic E-state index is 0.0423. The minimum atomic E-state index is -0.575. The Morgan fingerprint density at radius 2 is 1.89 bits per heavy atom. The number of hydrogen-bond donors (Lipinski definition) is 2. The van der Waals surface area contributed by atoms with Gasteiger partial charge in [0.1, 0.15) is 11.4 Å². The van der Waals surface area contributed by atoms with Gasteiger partial charge in [-0.05, 0) is 60.3 Å². The Morgan fingerprint density at radius 1 is 1.18 bits per heavy atom. The Labute approximate surface area is 224 Å². The Morgan fingerprint density at radius 3 is 2.55 bits per heavy atom. The van der Waals surface area contributed by atoms with Crippen LogP contribution in [0.2, 0.25) is 0 Å². The number of ether oxygens (including phenoxy) is 1. The fourth-order valence-electron chi connectivity index (χ4n) is 6.22. The number of aromatic nitrogens is 4. The van der Waals surface area contributed by atoms with Gasteiger partial charge in [-0.1, -0.05) is 0 Å². The molecule has 2 fully saturated rings. The fourth-order valence-corrected chi connectivity index (χ4v) is 6.22. The molecule has 208 valence electrons. The lowest BCUT2D eigenvalue weighted by Crippen LogP contribution is -2.62. The van der Waals surface area contributed by atoms with E-state index in [2.05, 4.69) is 47.8 Å². The molecule has 2 saturated heterocycles. The summed E-state index contributed by atoms with van der Waals surface area (Å²) < 4.78 is 7.45. The van der Waals surface area contributed by atoms with Crippen molar-refractivity contribution in [2.75, 3.05) is 32.8 Å². The van der Waals surface area contributed by atoms with E-state index in [1.165, 1.54) is 0 Å². The van der Waals surface area contributed by atoms with Crippen LogP contribution < -0.4 is 5.73 Å². The summed E-state index contributed by atoms with van der Waals surface area (Å²) in [6.07, 6.45) is 3.91. The van der Waals surface area contributed by atoms with Crippen LogP contribution in [-0.2, 0) is 16.8 Å². The largest absolute Gasteiger partial charge is 0.381 e. The molecule has 2 atom stereocenters. The van der Waals surface area contributed by atoms with Crippen LogP contribution >= 0.6 is 0 Å². The maximum Gasteiger partial charge on any atom is 0.321 e. The average molecular weight is 527 g/mol. The van der Waals surface area contributed by atoms with Crippen molar-refractivity contribution in [2.45, 2.75) is 84.6 Å². The minimum Gasteiger partial charge on any atom is -0.381 e. The maximum atomic E-state index is 14.1. The molecule has 3 aliphatic heterocycles. The van der Waals surface area contributed by atoms with E-state index >= 15 is 0 Å². The average Bonchev–Trinajstić information content (AvgIpc) is 3.55. The van der Waals surface area contributed by atoms with Gasteiger partial charge in [-0.25, -0.2) is 9.78 Å². The normalized spacial score (nSPS) is 24.3. The predicted molar refractivity (Wildman–Crippen MR) is 143 cm³/mol. The molecule has 0 aliphatic carbocycles. The van der Waals surface area contributed by atoms with Crippen LogP contribution in [0.3, 0.4) is 0 Å².